The second-order valence-corrected chi connectivity index (χ2v) is 5.81. The van der Waals surface area contributed by atoms with Gasteiger partial charge < -0.3 is 15.2 Å². The van der Waals surface area contributed by atoms with Gasteiger partial charge in [0.15, 0.2) is 0 Å². The van der Waals surface area contributed by atoms with Crippen LogP contribution in [0.25, 0.3) is 0 Å². The zero-order chi connectivity index (χ0) is 14.8. The SMILES string of the molecule is CC(CNC(=O)C1(C(=O)O)CC1)Oc1ccccc1Br. The second-order valence-electron chi connectivity index (χ2n) is 4.96. The Labute approximate surface area is 125 Å². The summed E-state index contributed by atoms with van der Waals surface area (Å²) in [6.45, 7) is 2.09. The fraction of sp³-hybridized carbons (Fsp3) is 0.429. The number of benzene rings is 1. The third-order valence-corrected chi connectivity index (χ3v) is 3.96. The molecule has 0 bridgehead atoms. The lowest BCUT2D eigenvalue weighted by molar-refractivity contribution is -0.149. The van der Waals surface area contributed by atoms with Crippen molar-refractivity contribution < 1.29 is 19.4 Å². The zero-order valence-electron chi connectivity index (χ0n) is 11.1. The van der Waals surface area contributed by atoms with Crippen molar-refractivity contribution in [3.8, 4) is 5.75 Å². The molecule has 0 radical (unpaired) electrons. The van der Waals surface area contributed by atoms with E-state index in [0.29, 0.717) is 18.6 Å². The van der Waals surface area contributed by atoms with Crippen molar-refractivity contribution in [3.05, 3.63) is 28.7 Å². The Morgan fingerprint density at radius 3 is 2.65 bits per heavy atom. The van der Waals surface area contributed by atoms with Gasteiger partial charge in [-0.25, -0.2) is 0 Å². The van der Waals surface area contributed by atoms with Crippen LogP contribution in [-0.2, 0) is 9.59 Å². The molecule has 0 heterocycles. The predicted octanol–water partition coefficient (Wildman–Crippen LogP) is 2.20. The monoisotopic (exact) mass is 341 g/mol. The van der Waals surface area contributed by atoms with E-state index in [0.717, 1.165) is 4.47 Å². The summed E-state index contributed by atoms with van der Waals surface area (Å²) in [5.41, 5.74) is -1.20. The first-order valence-corrected chi connectivity index (χ1v) is 7.18. The van der Waals surface area contributed by atoms with Crippen LogP contribution in [0.2, 0.25) is 0 Å². The Hall–Kier alpha value is -1.56. The van der Waals surface area contributed by atoms with Gasteiger partial charge in [-0.1, -0.05) is 12.1 Å². The van der Waals surface area contributed by atoms with Gasteiger partial charge in [0.1, 0.15) is 17.3 Å². The summed E-state index contributed by atoms with van der Waals surface area (Å²) < 4.78 is 6.52. The highest BCUT2D eigenvalue weighted by molar-refractivity contribution is 9.10. The standard InChI is InChI=1S/C14H16BrNO4/c1-9(20-11-5-3-2-4-10(11)15)8-16-12(17)14(6-7-14)13(18)19/h2-5,9H,6-8H2,1H3,(H,16,17)(H,18,19). The molecular weight excluding hydrogens is 326 g/mol. The van der Waals surface area contributed by atoms with Crippen molar-refractivity contribution in [1.29, 1.82) is 0 Å². The number of hydrogen-bond acceptors (Lipinski definition) is 3. The van der Waals surface area contributed by atoms with E-state index in [-0.39, 0.29) is 12.6 Å². The fourth-order valence-corrected chi connectivity index (χ4v) is 2.25. The Bertz CT molecular complexity index is 528. The van der Waals surface area contributed by atoms with Crippen LogP contribution in [0.1, 0.15) is 19.8 Å². The van der Waals surface area contributed by atoms with E-state index in [1.165, 1.54) is 0 Å². The molecule has 0 aliphatic heterocycles. The molecule has 1 saturated carbocycles. The third kappa shape index (κ3) is 3.12. The summed E-state index contributed by atoms with van der Waals surface area (Å²) in [5.74, 6) is -0.782. The highest BCUT2D eigenvalue weighted by Gasteiger charge is 2.57. The van der Waals surface area contributed by atoms with Gasteiger partial charge >= 0.3 is 5.97 Å². The van der Waals surface area contributed by atoms with E-state index in [9.17, 15) is 9.59 Å². The van der Waals surface area contributed by atoms with Crippen LogP contribution < -0.4 is 10.1 Å². The third-order valence-electron chi connectivity index (χ3n) is 3.31. The summed E-state index contributed by atoms with van der Waals surface area (Å²) >= 11 is 3.38. The number of aliphatic carboxylic acids is 1. The number of rotatable bonds is 6. The van der Waals surface area contributed by atoms with Crippen molar-refractivity contribution in [2.75, 3.05) is 6.54 Å². The number of hydrogen-bond donors (Lipinski definition) is 2. The predicted molar refractivity (Wildman–Crippen MR) is 76.5 cm³/mol. The number of carboxylic acids is 1. The van der Waals surface area contributed by atoms with E-state index < -0.39 is 17.3 Å². The average molecular weight is 342 g/mol. The Morgan fingerprint density at radius 1 is 1.45 bits per heavy atom. The normalized spacial score (nSPS) is 17.1. The summed E-state index contributed by atoms with van der Waals surface area (Å²) in [6, 6.07) is 7.42. The molecular formula is C14H16BrNO4. The lowest BCUT2D eigenvalue weighted by atomic mass is 10.1. The lowest BCUT2D eigenvalue weighted by Crippen LogP contribution is -2.41. The molecule has 0 spiro atoms. The number of carbonyl (C=O) groups excluding carboxylic acids is 1. The van der Waals surface area contributed by atoms with Crippen LogP contribution >= 0.6 is 15.9 Å². The van der Waals surface area contributed by atoms with Crippen LogP contribution in [0.15, 0.2) is 28.7 Å². The first-order chi connectivity index (χ1) is 9.45. The van der Waals surface area contributed by atoms with Gasteiger partial charge in [0.2, 0.25) is 5.91 Å². The quantitative estimate of drug-likeness (QED) is 0.777. The maximum Gasteiger partial charge on any atom is 0.319 e. The van der Waals surface area contributed by atoms with Crippen molar-refractivity contribution in [2.24, 2.45) is 5.41 Å². The molecule has 1 amide bonds. The van der Waals surface area contributed by atoms with Gasteiger partial charge in [0.05, 0.1) is 11.0 Å². The minimum Gasteiger partial charge on any atom is -0.488 e. The Balaban J connectivity index is 1.84. The number of para-hydroxylation sites is 1. The number of halogens is 1. The maximum atomic E-state index is 11.8. The van der Waals surface area contributed by atoms with Crippen LogP contribution in [0.4, 0.5) is 0 Å². The summed E-state index contributed by atoms with van der Waals surface area (Å²) in [5, 5.41) is 11.7. The Morgan fingerprint density at radius 2 is 2.10 bits per heavy atom. The van der Waals surface area contributed by atoms with Gasteiger partial charge in [-0.3, -0.25) is 9.59 Å². The van der Waals surface area contributed by atoms with E-state index in [2.05, 4.69) is 21.2 Å². The van der Waals surface area contributed by atoms with Crippen LogP contribution in [0.3, 0.4) is 0 Å². The molecule has 108 valence electrons. The first-order valence-electron chi connectivity index (χ1n) is 6.38. The second kappa shape index (κ2) is 5.83. The molecule has 20 heavy (non-hydrogen) atoms. The van der Waals surface area contributed by atoms with Gasteiger partial charge in [-0.2, -0.15) is 0 Å². The maximum absolute atomic E-state index is 11.8. The molecule has 2 N–H and O–H groups in total. The van der Waals surface area contributed by atoms with Gasteiger partial charge in [0.25, 0.3) is 0 Å². The smallest absolute Gasteiger partial charge is 0.319 e. The fourth-order valence-electron chi connectivity index (χ4n) is 1.87. The van der Waals surface area contributed by atoms with E-state index >= 15 is 0 Å². The summed E-state index contributed by atoms with van der Waals surface area (Å²) in [7, 11) is 0. The van der Waals surface area contributed by atoms with Gasteiger partial charge in [0, 0.05) is 0 Å². The highest BCUT2D eigenvalue weighted by atomic mass is 79.9. The molecule has 5 nitrogen and oxygen atoms in total. The van der Waals surface area contributed by atoms with Crippen molar-refractivity contribution in [1.82, 2.24) is 5.32 Å². The van der Waals surface area contributed by atoms with E-state index in [4.69, 9.17) is 9.84 Å². The van der Waals surface area contributed by atoms with Gasteiger partial charge in [-0.05, 0) is 47.8 Å². The van der Waals surface area contributed by atoms with E-state index in [1.54, 1.807) is 0 Å². The zero-order valence-corrected chi connectivity index (χ0v) is 12.6. The van der Waals surface area contributed by atoms with Crippen molar-refractivity contribution >= 4 is 27.8 Å². The minimum atomic E-state index is -1.20. The number of nitrogens with one attached hydrogen (secondary N) is 1. The Kier molecular flexibility index (Phi) is 4.32. The summed E-state index contributed by atoms with van der Waals surface area (Å²) in [4.78, 5) is 22.8. The molecule has 1 unspecified atom stereocenters. The van der Waals surface area contributed by atoms with E-state index in [1.807, 2.05) is 31.2 Å². The number of carbonyl (C=O) groups is 2. The van der Waals surface area contributed by atoms with Crippen LogP contribution in [0.5, 0.6) is 5.75 Å². The number of carboxylic acid groups (broad SMARTS) is 1. The molecule has 1 aromatic carbocycles. The largest absolute Gasteiger partial charge is 0.488 e. The average Bonchev–Trinajstić information content (AvgIpc) is 3.20. The molecule has 1 aliphatic carbocycles. The summed E-state index contributed by atoms with van der Waals surface area (Å²) in [6.07, 6.45) is 0.573. The molecule has 1 aliphatic rings. The first kappa shape index (κ1) is 14.8. The molecule has 1 atom stereocenters. The molecule has 2 rings (SSSR count). The molecule has 0 saturated heterocycles. The number of amides is 1. The topological polar surface area (TPSA) is 75.6 Å². The molecule has 6 heteroatoms. The molecule has 1 aromatic rings. The lowest BCUT2D eigenvalue weighted by Gasteiger charge is -2.18. The van der Waals surface area contributed by atoms with Crippen molar-refractivity contribution in [3.63, 3.8) is 0 Å². The van der Waals surface area contributed by atoms with Crippen LogP contribution in [-0.4, -0.2) is 29.6 Å². The highest BCUT2D eigenvalue weighted by Crippen LogP contribution is 2.46. The minimum absolute atomic E-state index is 0.248. The van der Waals surface area contributed by atoms with Gasteiger partial charge in [-0.15, -0.1) is 0 Å². The molecule has 1 fully saturated rings. The molecule has 0 aromatic heterocycles. The van der Waals surface area contributed by atoms with Crippen LogP contribution in [0, 0.1) is 5.41 Å². The van der Waals surface area contributed by atoms with Crippen molar-refractivity contribution in [2.45, 2.75) is 25.9 Å². The number of ether oxygens (including phenoxy) is 1.